The topological polar surface area (TPSA) is 166 Å². The van der Waals surface area contributed by atoms with Crippen LogP contribution in [-0.2, 0) is 28.6 Å². The molecule has 0 radical (unpaired) electrons. The zero-order valence-electron chi connectivity index (χ0n) is 23.8. The van der Waals surface area contributed by atoms with Gasteiger partial charge in [-0.2, -0.15) is 0 Å². The highest BCUT2D eigenvalue weighted by Gasteiger charge is 2.51. The van der Waals surface area contributed by atoms with E-state index >= 15 is 0 Å². The second kappa shape index (κ2) is 18.9. The Bertz CT molecular complexity index is 1100. The quantitative estimate of drug-likeness (QED) is 0.131. The third kappa shape index (κ3) is 12.2. The van der Waals surface area contributed by atoms with Gasteiger partial charge in [-0.1, -0.05) is 90.4 Å². The molecule has 0 aromatic carbocycles. The smallest absolute Gasteiger partial charge is 0.394 e. The van der Waals surface area contributed by atoms with E-state index in [1.807, 2.05) is 4.49 Å². The molecule has 3 N–H and O–H groups in total. The number of methoxy groups -OCH3 is 1. The average Bonchev–Trinajstić information content (AvgIpc) is 3.25. The Labute approximate surface area is 238 Å². The van der Waals surface area contributed by atoms with Gasteiger partial charge < -0.3 is 14.6 Å². The van der Waals surface area contributed by atoms with Crippen molar-refractivity contribution in [3.05, 3.63) is 33.1 Å². The van der Waals surface area contributed by atoms with Crippen molar-refractivity contribution in [2.45, 2.75) is 121 Å². The summed E-state index contributed by atoms with van der Waals surface area (Å²) in [6.07, 6.45) is 13.0. The Morgan fingerprint density at radius 3 is 2.02 bits per heavy atom. The van der Waals surface area contributed by atoms with E-state index < -0.39 is 60.6 Å². The van der Waals surface area contributed by atoms with Gasteiger partial charge in [0.2, 0.25) is 0 Å². The van der Waals surface area contributed by atoms with E-state index in [9.17, 15) is 27.7 Å². The molecule has 0 bridgehead atoms. The maximum atomic E-state index is 12.6. The van der Waals surface area contributed by atoms with Gasteiger partial charge in [0.25, 0.3) is 15.6 Å². The maximum absolute atomic E-state index is 12.6. The molecule has 1 fully saturated rings. The fraction of sp³-hybridized carbons (Fsp3) is 0.846. The van der Waals surface area contributed by atoms with Crippen molar-refractivity contribution in [1.29, 1.82) is 0 Å². The number of aliphatic hydroxyl groups is 1. The number of unbranched alkanes of at least 4 members (excludes halogenated alkanes) is 13. The molecular formula is C26H47N3O9PS+. The number of aliphatic hydroxyl groups excluding tert-OH is 1. The largest absolute Gasteiger partial charge is 0.628 e. The molecule has 5 atom stereocenters. The SMILES string of the molecule is CCCCCCCCCCCCCCCCS(=O)(=O)N[P+](=O)OC1C(OC)[C@H](n2ccc(=O)[nH]c2=O)O[C@@H]1CO. The average molecular weight is 609 g/mol. The molecule has 12 nitrogen and oxygen atoms in total. The van der Waals surface area contributed by atoms with Crippen LogP contribution in [0.2, 0.25) is 0 Å². The number of aromatic amines is 1. The Kier molecular flexibility index (Phi) is 16.4. The highest BCUT2D eigenvalue weighted by molar-refractivity contribution is 7.93. The fourth-order valence-electron chi connectivity index (χ4n) is 4.86. The Hall–Kier alpha value is -1.47. The molecule has 0 saturated carbocycles. The molecule has 1 aliphatic heterocycles. The van der Waals surface area contributed by atoms with Gasteiger partial charge >= 0.3 is 13.9 Å². The van der Waals surface area contributed by atoms with Crippen LogP contribution in [0.5, 0.6) is 0 Å². The number of aromatic nitrogens is 2. The Morgan fingerprint density at radius 2 is 1.52 bits per heavy atom. The molecule has 0 amide bonds. The van der Waals surface area contributed by atoms with Crippen LogP contribution >= 0.6 is 8.18 Å². The van der Waals surface area contributed by atoms with Crippen molar-refractivity contribution in [2.24, 2.45) is 0 Å². The van der Waals surface area contributed by atoms with Crippen molar-refractivity contribution < 1.29 is 32.1 Å². The first-order valence-corrected chi connectivity index (χ1v) is 17.3. The molecule has 2 rings (SSSR count). The lowest BCUT2D eigenvalue weighted by molar-refractivity contribution is -0.0625. The molecule has 1 saturated heterocycles. The monoisotopic (exact) mass is 608 g/mol. The van der Waals surface area contributed by atoms with Gasteiger partial charge in [-0.25, -0.2) is 13.2 Å². The van der Waals surface area contributed by atoms with Gasteiger partial charge in [-0.3, -0.25) is 14.3 Å². The molecule has 2 heterocycles. The molecular weight excluding hydrogens is 561 g/mol. The predicted molar refractivity (Wildman–Crippen MR) is 153 cm³/mol. The highest BCUT2D eigenvalue weighted by atomic mass is 32.2. The first-order chi connectivity index (χ1) is 19.2. The standard InChI is InChI=1S/C26H46N3O9PS/c1-3-4-5-6-7-8-9-10-11-12-13-14-15-16-19-40(34,35)28-39(33)38-23-21(20-30)37-25(24(23)36-2)29-18-17-22(31)27-26(29)32/h17-18,21,23-25,30H,3-16,19-20H2,1-2H3,(H-,27,28,31,32,33)/p+1/t21-,23?,24?,25-/m1/s1. The first kappa shape index (κ1) is 34.7. The van der Waals surface area contributed by atoms with Crippen molar-refractivity contribution >= 4 is 18.2 Å². The van der Waals surface area contributed by atoms with Gasteiger partial charge in [0.1, 0.15) is 12.2 Å². The highest BCUT2D eigenvalue weighted by Crippen LogP contribution is 2.37. The second-order valence-electron chi connectivity index (χ2n) is 10.3. The maximum Gasteiger partial charge on any atom is 0.628 e. The summed E-state index contributed by atoms with van der Waals surface area (Å²) in [6, 6.07) is 1.12. The summed E-state index contributed by atoms with van der Waals surface area (Å²) in [5, 5.41) is 9.73. The van der Waals surface area contributed by atoms with Gasteiger partial charge in [0, 0.05) is 23.9 Å². The molecule has 1 aliphatic rings. The number of rotatable bonds is 22. The summed E-state index contributed by atoms with van der Waals surface area (Å²) < 4.78 is 57.0. The number of hydrogen-bond acceptors (Lipinski definition) is 9. The first-order valence-electron chi connectivity index (χ1n) is 14.5. The van der Waals surface area contributed by atoms with Crippen molar-refractivity contribution in [3.8, 4) is 0 Å². The molecule has 1 aromatic heterocycles. The Morgan fingerprint density at radius 1 is 0.975 bits per heavy atom. The zero-order chi connectivity index (χ0) is 29.4. The normalized spacial score (nSPS) is 21.6. The van der Waals surface area contributed by atoms with Gasteiger partial charge in [0.15, 0.2) is 12.3 Å². The van der Waals surface area contributed by atoms with Crippen molar-refractivity contribution in [1.82, 2.24) is 14.0 Å². The number of hydrogen-bond donors (Lipinski definition) is 3. The van der Waals surface area contributed by atoms with Crippen LogP contribution in [-0.4, -0.2) is 60.9 Å². The van der Waals surface area contributed by atoms with E-state index in [0.29, 0.717) is 6.42 Å². The lowest BCUT2D eigenvalue weighted by Crippen LogP contribution is -2.39. The van der Waals surface area contributed by atoms with Crippen LogP contribution in [0.15, 0.2) is 21.9 Å². The fourth-order valence-corrected chi connectivity index (χ4v) is 7.37. The molecule has 0 aliphatic carbocycles. The summed E-state index contributed by atoms with van der Waals surface area (Å²) in [4.78, 5) is 25.7. The second-order valence-corrected chi connectivity index (χ2v) is 13.4. The predicted octanol–water partition coefficient (Wildman–Crippen LogP) is 3.88. The van der Waals surface area contributed by atoms with E-state index in [0.717, 1.165) is 36.3 Å². The third-order valence-corrected chi connectivity index (χ3v) is 10.0. The summed E-state index contributed by atoms with van der Waals surface area (Å²) in [7, 11) is -5.45. The van der Waals surface area contributed by atoms with Crippen molar-refractivity contribution in [3.63, 3.8) is 0 Å². The van der Waals surface area contributed by atoms with Crippen LogP contribution in [0.4, 0.5) is 0 Å². The van der Waals surface area contributed by atoms with Crippen LogP contribution in [0, 0.1) is 0 Å². The number of nitrogens with one attached hydrogen (secondary N) is 2. The van der Waals surface area contributed by atoms with E-state index in [1.54, 1.807) is 0 Å². The minimum Gasteiger partial charge on any atom is -0.394 e. The number of H-pyrrole nitrogens is 1. The van der Waals surface area contributed by atoms with E-state index in [-0.39, 0.29) is 5.75 Å². The van der Waals surface area contributed by atoms with E-state index in [4.69, 9.17) is 14.0 Å². The lowest BCUT2D eigenvalue weighted by atomic mass is 10.0. The Balaban J connectivity index is 1.68. The van der Waals surface area contributed by atoms with Crippen LogP contribution in [0.25, 0.3) is 0 Å². The van der Waals surface area contributed by atoms with E-state index in [2.05, 4.69) is 11.9 Å². The molecule has 40 heavy (non-hydrogen) atoms. The molecule has 3 unspecified atom stereocenters. The number of sulfonamides is 1. The lowest BCUT2D eigenvalue weighted by Gasteiger charge is -2.20. The van der Waals surface area contributed by atoms with Gasteiger partial charge in [-0.05, 0) is 11.0 Å². The van der Waals surface area contributed by atoms with Gasteiger partial charge in [-0.15, -0.1) is 4.52 Å². The van der Waals surface area contributed by atoms with Crippen LogP contribution in [0.3, 0.4) is 0 Å². The minimum atomic E-state index is -3.86. The molecule has 230 valence electrons. The molecule has 14 heteroatoms. The summed E-state index contributed by atoms with van der Waals surface area (Å²) in [6.45, 7) is 1.67. The molecule has 1 aromatic rings. The van der Waals surface area contributed by atoms with Crippen molar-refractivity contribution in [2.75, 3.05) is 19.5 Å². The van der Waals surface area contributed by atoms with Crippen LogP contribution in [0.1, 0.15) is 103 Å². The third-order valence-electron chi connectivity index (χ3n) is 7.06. The van der Waals surface area contributed by atoms with E-state index in [1.165, 1.54) is 71.1 Å². The number of ether oxygens (including phenoxy) is 2. The van der Waals surface area contributed by atoms with Crippen LogP contribution < -0.4 is 15.7 Å². The summed E-state index contributed by atoms with van der Waals surface area (Å²) in [5.41, 5.74) is -1.37. The minimum absolute atomic E-state index is 0.177. The molecule has 0 spiro atoms. The number of nitrogens with zero attached hydrogens (tertiary/aromatic N) is 1. The summed E-state index contributed by atoms with van der Waals surface area (Å²) in [5.74, 6) is -0.177. The zero-order valence-corrected chi connectivity index (χ0v) is 25.5. The summed E-state index contributed by atoms with van der Waals surface area (Å²) >= 11 is 0. The van der Waals surface area contributed by atoms with Gasteiger partial charge in [0.05, 0.1) is 12.4 Å².